The van der Waals surface area contributed by atoms with Gasteiger partial charge in [-0.15, -0.1) is 11.3 Å². The van der Waals surface area contributed by atoms with E-state index in [0.717, 1.165) is 15.2 Å². The Kier molecular flexibility index (Phi) is 7.56. The van der Waals surface area contributed by atoms with E-state index in [2.05, 4.69) is 4.98 Å². The number of rotatable bonds is 1. The van der Waals surface area contributed by atoms with E-state index in [-0.39, 0.29) is 19.4 Å². The van der Waals surface area contributed by atoms with Crippen molar-refractivity contribution in [2.24, 2.45) is 11.3 Å². The number of aryl methyl sites for hydroxylation is 1. The molecule has 36 heavy (non-hydrogen) atoms. The van der Waals surface area contributed by atoms with Crippen molar-refractivity contribution < 1.29 is 38.4 Å². The Morgan fingerprint density at radius 1 is 1.19 bits per heavy atom. The molecule has 0 bridgehead atoms. The number of carbonyl (C=O) groups excluding carboxylic acids is 2. The molecule has 10 heteroatoms. The number of hydrogen-bond acceptors (Lipinski definition) is 9. The number of nitrogens with zero attached hydrogens (tertiary/aromatic N) is 1. The summed E-state index contributed by atoms with van der Waals surface area (Å²) >= 11 is 1.54. The van der Waals surface area contributed by atoms with Gasteiger partial charge in [0.15, 0.2) is 0 Å². The Hall–Kier alpha value is -1.98. The van der Waals surface area contributed by atoms with Crippen molar-refractivity contribution in [1.82, 2.24) is 4.98 Å². The number of benzene rings is 1. The number of alkyl halides is 1. The van der Waals surface area contributed by atoms with E-state index in [1.807, 2.05) is 25.1 Å². The van der Waals surface area contributed by atoms with Crippen LogP contribution in [0.1, 0.15) is 63.6 Å². The van der Waals surface area contributed by atoms with Gasteiger partial charge in [-0.05, 0) is 31.5 Å². The lowest BCUT2D eigenvalue weighted by atomic mass is 9.74. The summed E-state index contributed by atoms with van der Waals surface area (Å²) in [6, 6.07) is 5.52. The van der Waals surface area contributed by atoms with Gasteiger partial charge >= 0.3 is 5.97 Å². The minimum absolute atomic E-state index is 0.0212. The molecule has 3 heterocycles. The summed E-state index contributed by atoms with van der Waals surface area (Å²) in [5.41, 5.74) is 0.0749. The normalized spacial score (nSPS) is 36.3. The molecule has 8 nitrogen and oxygen atoms in total. The SMILES string of the molecule is Cc1nc2cc([C@@H]3C[C@H]4O[C@@]4(F)CCO[C@@H](C)[C@@H](O)[C@@H](C)C(=O)C(C)(C)[C@@H](O)CC(=O)O3)ccc2s1. The predicted octanol–water partition coefficient (Wildman–Crippen LogP) is 3.80. The number of ketones is 1. The highest BCUT2D eigenvalue weighted by Crippen LogP contribution is 2.47. The molecule has 2 N–H and O–H groups in total. The molecule has 0 spiro atoms. The van der Waals surface area contributed by atoms with Crippen LogP contribution in [0.4, 0.5) is 4.39 Å². The van der Waals surface area contributed by atoms with Gasteiger partial charge in [0.05, 0.1) is 52.0 Å². The number of cyclic esters (lactones) is 1. The fourth-order valence-electron chi connectivity index (χ4n) is 4.77. The molecular formula is C26H34FNO7S. The van der Waals surface area contributed by atoms with Crippen molar-refractivity contribution in [3.8, 4) is 0 Å². The lowest BCUT2D eigenvalue weighted by molar-refractivity contribution is -0.157. The molecule has 0 saturated carbocycles. The topological polar surface area (TPSA) is 118 Å². The molecule has 0 radical (unpaired) electrons. The van der Waals surface area contributed by atoms with Crippen molar-refractivity contribution in [2.75, 3.05) is 6.61 Å². The summed E-state index contributed by atoms with van der Waals surface area (Å²) in [5, 5.41) is 22.4. The molecule has 0 aliphatic carbocycles. The summed E-state index contributed by atoms with van der Waals surface area (Å²) < 4.78 is 32.9. The second-order valence-electron chi connectivity index (χ2n) is 10.5. The number of ether oxygens (including phenoxy) is 3. The van der Waals surface area contributed by atoms with Gasteiger partial charge in [0.25, 0.3) is 0 Å². The first-order chi connectivity index (χ1) is 16.8. The lowest BCUT2D eigenvalue weighted by Gasteiger charge is -2.34. The zero-order valence-corrected chi connectivity index (χ0v) is 22.0. The molecule has 198 valence electrons. The third-order valence-electron chi connectivity index (χ3n) is 7.41. The molecule has 1 aromatic heterocycles. The number of hydrogen-bond donors (Lipinski definition) is 2. The molecule has 1 aromatic carbocycles. The molecule has 2 aliphatic heterocycles. The number of Topliss-reactive ketones (excluding diaryl/α,β-unsaturated/α-hetero) is 1. The molecule has 2 aromatic rings. The first kappa shape index (κ1) is 27.1. The molecule has 4 rings (SSSR count). The average Bonchev–Trinajstić information content (AvgIpc) is 3.28. The van der Waals surface area contributed by atoms with Crippen LogP contribution in [0.5, 0.6) is 0 Å². The van der Waals surface area contributed by atoms with Crippen molar-refractivity contribution in [1.29, 1.82) is 0 Å². The van der Waals surface area contributed by atoms with Crippen LogP contribution in [-0.2, 0) is 23.8 Å². The number of halogens is 1. The number of esters is 1. The number of aliphatic hydroxyl groups is 2. The van der Waals surface area contributed by atoms with Gasteiger partial charge in [-0.1, -0.05) is 26.8 Å². The molecule has 0 unspecified atom stereocenters. The highest BCUT2D eigenvalue weighted by molar-refractivity contribution is 7.18. The van der Waals surface area contributed by atoms with Crippen LogP contribution in [0.25, 0.3) is 10.2 Å². The van der Waals surface area contributed by atoms with E-state index in [9.17, 15) is 19.8 Å². The van der Waals surface area contributed by atoms with Crippen LogP contribution in [0, 0.1) is 18.3 Å². The monoisotopic (exact) mass is 523 g/mol. The standard InChI is InChI=1S/C26H34FNO7S/c1-13-23(31)14(2)33-9-8-26(27)21(35-26)11-18(16-6-7-19-17(10-16)28-15(3)36-19)34-22(30)12-20(29)25(4,5)24(13)32/h6-7,10,13-14,18,20-21,23,29,31H,8-9,11-12H2,1-5H3/t13-,14+,18+,20+,21-,23+,26+/m1/s1. The number of aromatic nitrogens is 1. The number of thiazole rings is 1. The van der Waals surface area contributed by atoms with Crippen LogP contribution in [0.2, 0.25) is 0 Å². The maximum absolute atomic E-state index is 15.2. The van der Waals surface area contributed by atoms with Crippen LogP contribution >= 0.6 is 11.3 Å². The summed E-state index contributed by atoms with van der Waals surface area (Å²) in [6.07, 6.45) is -5.31. The lowest BCUT2D eigenvalue weighted by Crippen LogP contribution is -2.47. The minimum Gasteiger partial charge on any atom is -0.457 e. The largest absolute Gasteiger partial charge is 0.457 e. The van der Waals surface area contributed by atoms with Crippen LogP contribution in [0.3, 0.4) is 0 Å². The highest BCUT2D eigenvalue weighted by atomic mass is 32.1. The zero-order valence-electron chi connectivity index (χ0n) is 21.2. The third-order valence-corrected chi connectivity index (χ3v) is 8.36. The molecule has 2 aliphatic rings. The number of carbonyl (C=O) groups is 2. The molecular weight excluding hydrogens is 489 g/mol. The van der Waals surface area contributed by atoms with Gasteiger partial charge in [0, 0.05) is 18.8 Å². The van der Waals surface area contributed by atoms with Gasteiger partial charge in [-0.3, -0.25) is 9.59 Å². The summed E-state index contributed by atoms with van der Waals surface area (Å²) in [4.78, 5) is 30.6. The number of epoxide rings is 1. The van der Waals surface area contributed by atoms with E-state index < -0.39 is 65.9 Å². The first-order valence-electron chi connectivity index (χ1n) is 12.3. The van der Waals surface area contributed by atoms with E-state index in [1.54, 1.807) is 25.2 Å². The fraction of sp³-hybridized carbons (Fsp3) is 0.654. The van der Waals surface area contributed by atoms with E-state index in [4.69, 9.17) is 14.2 Å². The van der Waals surface area contributed by atoms with Crippen LogP contribution in [0.15, 0.2) is 18.2 Å². The number of aliphatic hydroxyl groups excluding tert-OH is 2. The Morgan fingerprint density at radius 3 is 2.64 bits per heavy atom. The minimum atomic E-state index is -1.93. The summed E-state index contributed by atoms with van der Waals surface area (Å²) in [6.45, 7) is 8.12. The Bertz CT molecular complexity index is 1140. The van der Waals surface area contributed by atoms with Gasteiger partial charge in [-0.2, -0.15) is 0 Å². The van der Waals surface area contributed by atoms with Crippen molar-refractivity contribution in [2.45, 2.75) is 90.3 Å². The van der Waals surface area contributed by atoms with E-state index in [1.165, 1.54) is 13.8 Å². The zero-order chi connectivity index (χ0) is 26.4. The molecule has 2 saturated heterocycles. The quantitative estimate of drug-likeness (QED) is 0.428. The average molecular weight is 524 g/mol. The van der Waals surface area contributed by atoms with Crippen LogP contribution < -0.4 is 0 Å². The first-order valence-corrected chi connectivity index (χ1v) is 13.1. The van der Waals surface area contributed by atoms with Gasteiger partial charge < -0.3 is 24.4 Å². The molecule has 2 fully saturated rings. The Labute approximate surface area is 213 Å². The maximum atomic E-state index is 15.2. The number of fused-ring (bicyclic) bond motifs is 2. The summed E-state index contributed by atoms with van der Waals surface area (Å²) in [7, 11) is 0. The van der Waals surface area contributed by atoms with Gasteiger partial charge in [0.2, 0.25) is 5.85 Å². The van der Waals surface area contributed by atoms with E-state index in [0.29, 0.717) is 5.56 Å². The smallest absolute Gasteiger partial charge is 0.309 e. The Morgan fingerprint density at radius 2 is 1.92 bits per heavy atom. The summed E-state index contributed by atoms with van der Waals surface area (Å²) in [5.74, 6) is -3.94. The van der Waals surface area contributed by atoms with E-state index >= 15 is 4.39 Å². The highest BCUT2D eigenvalue weighted by Gasteiger charge is 2.58. The Balaban J connectivity index is 1.61. The van der Waals surface area contributed by atoms with Crippen molar-refractivity contribution in [3.63, 3.8) is 0 Å². The maximum Gasteiger partial charge on any atom is 0.309 e. The second kappa shape index (κ2) is 10.1. The second-order valence-corrected chi connectivity index (χ2v) is 11.7. The van der Waals surface area contributed by atoms with Crippen molar-refractivity contribution in [3.05, 3.63) is 28.8 Å². The third kappa shape index (κ3) is 5.47. The van der Waals surface area contributed by atoms with Crippen LogP contribution in [-0.4, -0.2) is 63.8 Å². The van der Waals surface area contributed by atoms with Gasteiger partial charge in [-0.25, -0.2) is 9.37 Å². The molecule has 0 amide bonds. The molecule has 7 atom stereocenters. The van der Waals surface area contributed by atoms with Crippen molar-refractivity contribution >= 4 is 33.3 Å². The fourth-order valence-corrected chi connectivity index (χ4v) is 5.58. The van der Waals surface area contributed by atoms with Gasteiger partial charge in [0.1, 0.15) is 18.0 Å². The predicted molar refractivity (Wildman–Crippen MR) is 131 cm³/mol.